The lowest BCUT2D eigenvalue weighted by Crippen LogP contribution is -2.03. The SMILES string of the molecule is COC(=O)c1cc(-c2ccccc2OC)n(C)n1. The number of hydrogen-bond acceptors (Lipinski definition) is 4. The summed E-state index contributed by atoms with van der Waals surface area (Å²) in [6.45, 7) is 0. The molecule has 2 rings (SSSR count). The molecule has 0 aliphatic heterocycles. The van der Waals surface area contributed by atoms with Gasteiger partial charge < -0.3 is 9.47 Å². The molecule has 0 amide bonds. The van der Waals surface area contributed by atoms with Crippen molar-refractivity contribution in [3.63, 3.8) is 0 Å². The van der Waals surface area contributed by atoms with E-state index in [0.29, 0.717) is 0 Å². The van der Waals surface area contributed by atoms with E-state index in [4.69, 9.17) is 4.74 Å². The summed E-state index contributed by atoms with van der Waals surface area (Å²) in [5, 5.41) is 4.12. The van der Waals surface area contributed by atoms with Gasteiger partial charge in [0.25, 0.3) is 0 Å². The van der Waals surface area contributed by atoms with E-state index in [1.165, 1.54) is 7.11 Å². The van der Waals surface area contributed by atoms with E-state index in [2.05, 4.69) is 9.84 Å². The first-order valence-corrected chi connectivity index (χ1v) is 5.43. The Morgan fingerprint density at radius 1 is 1.28 bits per heavy atom. The standard InChI is InChI=1S/C13H14N2O3/c1-15-11(8-10(14-15)13(16)18-3)9-6-4-5-7-12(9)17-2/h4-8H,1-3H3. The average Bonchev–Trinajstić information content (AvgIpc) is 2.79. The summed E-state index contributed by atoms with van der Waals surface area (Å²) in [7, 11) is 4.71. The molecule has 0 aliphatic rings. The number of benzene rings is 1. The van der Waals surface area contributed by atoms with Gasteiger partial charge in [0.05, 0.1) is 19.9 Å². The topological polar surface area (TPSA) is 53.4 Å². The largest absolute Gasteiger partial charge is 0.496 e. The average molecular weight is 246 g/mol. The number of aromatic nitrogens is 2. The zero-order valence-electron chi connectivity index (χ0n) is 10.5. The molecule has 1 aromatic carbocycles. The Hall–Kier alpha value is -2.30. The molecule has 0 bridgehead atoms. The minimum absolute atomic E-state index is 0.279. The number of para-hydroxylation sites is 1. The van der Waals surface area contributed by atoms with Crippen LogP contribution in [0.3, 0.4) is 0 Å². The molecule has 5 nitrogen and oxygen atoms in total. The van der Waals surface area contributed by atoms with Crippen molar-refractivity contribution in [3.8, 4) is 17.0 Å². The minimum atomic E-state index is -0.452. The Morgan fingerprint density at radius 3 is 2.67 bits per heavy atom. The van der Waals surface area contributed by atoms with Gasteiger partial charge in [-0.1, -0.05) is 12.1 Å². The molecule has 1 heterocycles. The monoisotopic (exact) mass is 246 g/mol. The van der Waals surface area contributed by atoms with Crippen LogP contribution in [0.1, 0.15) is 10.5 Å². The second-order valence-corrected chi connectivity index (χ2v) is 3.73. The molecule has 0 saturated carbocycles. The normalized spacial score (nSPS) is 10.2. The molecule has 0 unspecified atom stereocenters. The fraction of sp³-hybridized carbons (Fsp3) is 0.231. The van der Waals surface area contributed by atoms with Crippen molar-refractivity contribution in [2.75, 3.05) is 14.2 Å². The smallest absolute Gasteiger partial charge is 0.358 e. The van der Waals surface area contributed by atoms with Gasteiger partial charge in [0, 0.05) is 12.6 Å². The van der Waals surface area contributed by atoms with E-state index in [1.807, 2.05) is 24.3 Å². The Kier molecular flexibility index (Phi) is 3.32. The molecule has 94 valence electrons. The Bertz CT molecular complexity index is 575. The van der Waals surface area contributed by atoms with Crippen LogP contribution in [0.15, 0.2) is 30.3 Å². The maximum atomic E-state index is 11.4. The molecule has 0 saturated heterocycles. The van der Waals surface area contributed by atoms with Gasteiger partial charge in [-0.25, -0.2) is 4.79 Å². The molecule has 5 heteroatoms. The second kappa shape index (κ2) is 4.91. The lowest BCUT2D eigenvalue weighted by Gasteiger charge is -2.07. The van der Waals surface area contributed by atoms with Gasteiger partial charge in [-0.3, -0.25) is 4.68 Å². The molecular weight excluding hydrogens is 232 g/mol. The van der Waals surface area contributed by atoms with Crippen LogP contribution in [0, 0.1) is 0 Å². The first kappa shape index (κ1) is 12.2. The van der Waals surface area contributed by atoms with Crippen LogP contribution in [0.4, 0.5) is 0 Å². The number of carbonyl (C=O) groups is 1. The van der Waals surface area contributed by atoms with Crippen LogP contribution in [0.5, 0.6) is 5.75 Å². The number of carbonyl (C=O) groups excluding carboxylic acids is 1. The zero-order valence-corrected chi connectivity index (χ0v) is 10.5. The van der Waals surface area contributed by atoms with Crippen LogP contribution in [-0.4, -0.2) is 30.0 Å². The van der Waals surface area contributed by atoms with Crippen molar-refractivity contribution in [1.82, 2.24) is 9.78 Å². The van der Waals surface area contributed by atoms with Crippen molar-refractivity contribution in [2.24, 2.45) is 7.05 Å². The van der Waals surface area contributed by atoms with Gasteiger partial charge in [-0.2, -0.15) is 5.10 Å². The van der Waals surface area contributed by atoms with Crippen molar-refractivity contribution in [2.45, 2.75) is 0 Å². The number of ether oxygens (including phenoxy) is 2. The number of nitrogens with zero attached hydrogens (tertiary/aromatic N) is 2. The molecule has 1 aromatic heterocycles. The second-order valence-electron chi connectivity index (χ2n) is 3.73. The van der Waals surface area contributed by atoms with E-state index in [-0.39, 0.29) is 5.69 Å². The third kappa shape index (κ3) is 2.07. The van der Waals surface area contributed by atoms with Gasteiger partial charge in [0.15, 0.2) is 5.69 Å². The summed E-state index contributed by atoms with van der Waals surface area (Å²) in [5.74, 6) is 0.281. The van der Waals surface area contributed by atoms with Crippen molar-refractivity contribution in [3.05, 3.63) is 36.0 Å². The van der Waals surface area contributed by atoms with Gasteiger partial charge in [0.2, 0.25) is 0 Å². The third-order valence-electron chi connectivity index (χ3n) is 2.66. The summed E-state index contributed by atoms with van der Waals surface area (Å²) in [5.41, 5.74) is 1.96. The summed E-state index contributed by atoms with van der Waals surface area (Å²) in [6, 6.07) is 9.25. The molecule has 0 fully saturated rings. The summed E-state index contributed by atoms with van der Waals surface area (Å²) in [6.07, 6.45) is 0. The maximum absolute atomic E-state index is 11.4. The van der Waals surface area contributed by atoms with Crippen LogP contribution in [-0.2, 0) is 11.8 Å². The maximum Gasteiger partial charge on any atom is 0.358 e. The van der Waals surface area contributed by atoms with E-state index in [1.54, 1.807) is 24.9 Å². The van der Waals surface area contributed by atoms with Crippen LogP contribution in [0.2, 0.25) is 0 Å². The predicted octanol–water partition coefficient (Wildman–Crippen LogP) is 1.88. The number of esters is 1. The highest BCUT2D eigenvalue weighted by Crippen LogP contribution is 2.29. The van der Waals surface area contributed by atoms with Crippen LogP contribution in [0.25, 0.3) is 11.3 Å². The molecule has 18 heavy (non-hydrogen) atoms. The number of rotatable bonds is 3. The van der Waals surface area contributed by atoms with Gasteiger partial charge >= 0.3 is 5.97 Å². The lowest BCUT2D eigenvalue weighted by molar-refractivity contribution is 0.0593. The third-order valence-corrected chi connectivity index (χ3v) is 2.66. The molecule has 2 aromatic rings. The summed E-state index contributed by atoms with van der Waals surface area (Å²) >= 11 is 0. The predicted molar refractivity (Wildman–Crippen MR) is 66.5 cm³/mol. The van der Waals surface area contributed by atoms with E-state index in [0.717, 1.165) is 17.0 Å². The van der Waals surface area contributed by atoms with Crippen LogP contribution < -0.4 is 4.74 Å². The fourth-order valence-corrected chi connectivity index (χ4v) is 1.78. The van der Waals surface area contributed by atoms with E-state index < -0.39 is 5.97 Å². The Morgan fingerprint density at radius 2 is 2.00 bits per heavy atom. The highest BCUT2D eigenvalue weighted by Gasteiger charge is 2.16. The number of aryl methyl sites for hydroxylation is 1. The molecule has 0 N–H and O–H groups in total. The van der Waals surface area contributed by atoms with E-state index in [9.17, 15) is 4.79 Å². The first-order valence-electron chi connectivity index (χ1n) is 5.43. The molecule has 0 radical (unpaired) electrons. The highest BCUT2D eigenvalue weighted by atomic mass is 16.5. The van der Waals surface area contributed by atoms with E-state index >= 15 is 0 Å². The van der Waals surface area contributed by atoms with Gasteiger partial charge in [0.1, 0.15) is 5.75 Å². The molecule has 0 aliphatic carbocycles. The fourth-order valence-electron chi connectivity index (χ4n) is 1.78. The van der Waals surface area contributed by atoms with Gasteiger partial charge in [-0.15, -0.1) is 0 Å². The molecule has 0 spiro atoms. The molecular formula is C13H14N2O3. The van der Waals surface area contributed by atoms with Gasteiger partial charge in [-0.05, 0) is 18.2 Å². The number of hydrogen-bond donors (Lipinski definition) is 0. The Balaban J connectivity index is 2.51. The molecule has 0 atom stereocenters. The summed E-state index contributed by atoms with van der Waals surface area (Å²) < 4.78 is 11.6. The zero-order chi connectivity index (χ0) is 13.1. The quantitative estimate of drug-likeness (QED) is 0.776. The number of methoxy groups -OCH3 is 2. The Labute approximate surface area is 105 Å². The minimum Gasteiger partial charge on any atom is -0.496 e. The van der Waals surface area contributed by atoms with Crippen molar-refractivity contribution >= 4 is 5.97 Å². The first-order chi connectivity index (χ1) is 8.67. The lowest BCUT2D eigenvalue weighted by atomic mass is 10.1. The van der Waals surface area contributed by atoms with Crippen molar-refractivity contribution in [1.29, 1.82) is 0 Å². The van der Waals surface area contributed by atoms with Crippen molar-refractivity contribution < 1.29 is 14.3 Å². The highest BCUT2D eigenvalue weighted by molar-refractivity contribution is 5.89. The summed E-state index contributed by atoms with van der Waals surface area (Å²) in [4.78, 5) is 11.4. The van der Waals surface area contributed by atoms with Crippen LogP contribution >= 0.6 is 0 Å².